The van der Waals surface area contributed by atoms with Crippen LogP contribution in [-0.4, -0.2) is 46.2 Å². The second kappa shape index (κ2) is 5.25. The summed E-state index contributed by atoms with van der Waals surface area (Å²) < 4.78 is 0. The van der Waals surface area contributed by atoms with E-state index < -0.39 is 6.10 Å². The normalized spacial score (nSPS) is 37.0. The van der Waals surface area contributed by atoms with Crippen LogP contribution in [-0.2, 0) is 0 Å². The van der Waals surface area contributed by atoms with E-state index in [1.54, 1.807) is 0 Å². The van der Waals surface area contributed by atoms with Crippen molar-refractivity contribution in [3.05, 3.63) is 23.4 Å². The Kier molecular flexibility index (Phi) is 3.38. The van der Waals surface area contributed by atoms with Gasteiger partial charge in [0.05, 0.1) is 36.8 Å². The molecule has 0 radical (unpaired) electrons. The van der Waals surface area contributed by atoms with Crippen molar-refractivity contribution in [2.24, 2.45) is 16.8 Å². The second-order valence-electron chi connectivity index (χ2n) is 6.95. The summed E-state index contributed by atoms with van der Waals surface area (Å²) in [6, 6.07) is 0.283. The monoisotopic (exact) mass is 288 g/mol. The zero-order chi connectivity index (χ0) is 14.4. The van der Waals surface area contributed by atoms with Gasteiger partial charge in [0.25, 0.3) is 0 Å². The van der Waals surface area contributed by atoms with Crippen LogP contribution >= 0.6 is 0 Å². The van der Waals surface area contributed by atoms with Crippen molar-refractivity contribution in [1.29, 1.82) is 0 Å². The van der Waals surface area contributed by atoms with Crippen molar-refractivity contribution in [3.8, 4) is 0 Å². The number of rotatable bonds is 3. The van der Waals surface area contributed by atoms with Crippen LogP contribution in [0.2, 0.25) is 0 Å². The maximum absolute atomic E-state index is 11.0. The fourth-order valence-electron chi connectivity index (χ4n) is 4.03. The average molecular weight is 288 g/mol. The van der Waals surface area contributed by atoms with Gasteiger partial charge in [0, 0.05) is 0 Å². The summed E-state index contributed by atoms with van der Waals surface area (Å²) in [5, 5.41) is 20.9. The lowest BCUT2D eigenvalue weighted by Gasteiger charge is -2.38. The van der Waals surface area contributed by atoms with Crippen molar-refractivity contribution in [2.45, 2.75) is 56.8 Å². The molecule has 21 heavy (non-hydrogen) atoms. The molecule has 0 spiro atoms. The molecular formula is C17H24N2O2. The van der Waals surface area contributed by atoms with E-state index in [2.05, 4.69) is 22.0 Å². The van der Waals surface area contributed by atoms with E-state index in [4.69, 9.17) is 0 Å². The summed E-state index contributed by atoms with van der Waals surface area (Å²) in [5.74, 6) is 0.799. The van der Waals surface area contributed by atoms with Crippen LogP contribution in [0.3, 0.4) is 0 Å². The molecule has 4 atom stereocenters. The number of hydrogen-bond donors (Lipinski definition) is 2. The number of aliphatic hydroxyl groups is 2. The number of fused-ring (bicyclic) bond motifs is 1. The van der Waals surface area contributed by atoms with Gasteiger partial charge in [-0.15, -0.1) is 0 Å². The van der Waals surface area contributed by atoms with E-state index in [0.717, 1.165) is 37.9 Å². The van der Waals surface area contributed by atoms with E-state index in [9.17, 15) is 10.2 Å². The van der Waals surface area contributed by atoms with Gasteiger partial charge in [0.15, 0.2) is 0 Å². The van der Waals surface area contributed by atoms with E-state index >= 15 is 0 Å². The molecule has 2 heterocycles. The zero-order valence-corrected chi connectivity index (χ0v) is 12.4. The van der Waals surface area contributed by atoms with E-state index in [-0.39, 0.29) is 18.1 Å². The van der Waals surface area contributed by atoms with Crippen LogP contribution in [0.5, 0.6) is 0 Å². The fourth-order valence-corrected chi connectivity index (χ4v) is 4.03. The lowest BCUT2D eigenvalue weighted by Crippen LogP contribution is -2.42. The van der Waals surface area contributed by atoms with Crippen LogP contribution in [0, 0.1) is 11.8 Å². The lowest BCUT2D eigenvalue weighted by atomic mass is 9.80. The zero-order valence-electron chi connectivity index (χ0n) is 12.4. The molecule has 0 saturated heterocycles. The maximum Gasteiger partial charge on any atom is 0.0972 e. The van der Waals surface area contributed by atoms with Crippen LogP contribution in [0.25, 0.3) is 0 Å². The van der Waals surface area contributed by atoms with E-state index in [1.165, 1.54) is 18.4 Å². The molecule has 4 nitrogen and oxygen atoms in total. The van der Waals surface area contributed by atoms with Crippen molar-refractivity contribution >= 4 is 6.34 Å². The first kappa shape index (κ1) is 13.5. The molecule has 0 bridgehead atoms. The Bertz CT molecular complexity index is 507. The Morgan fingerprint density at radius 1 is 1.24 bits per heavy atom. The van der Waals surface area contributed by atoms with Crippen LogP contribution in [0.15, 0.2) is 28.4 Å². The molecule has 2 saturated carbocycles. The van der Waals surface area contributed by atoms with Gasteiger partial charge in [-0.2, -0.15) is 0 Å². The number of allylic oxidation sites excluding steroid dienone is 2. The molecule has 2 aliphatic heterocycles. The average Bonchev–Trinajstić information content (AvgIpc) is 3.22. The Labute approximate surface area is 125 Å². The predicted molar refractivity (Wildman–Crippen MR) is 81.8 cm³/mol. The topological polar surface area (TPSA) is 56.1 Å². The van der Waals surface area contributed by atoms with Gasteiger partial charge >= 0.3 is 0 Å². The number of nitrogens with zero attached hydrogens (tertiary/aromatic N) is 2. The molecule has 4 aliphatic rings. The molecule has 2 aliphatic carbocycles. The summed E-state index contributed by atoms with van der Waals surface area (Å²) in [7, 11) is 0. The number of aliphatic imine (C=N–C) groups is 1. The Morgan fingerprint density at radius 3 is 2.86 bits per heavy atom. The smallest absolute Gasteiger partial charge is 0.0972 e. The molecule has 4 heteroatoms. The van der Waals surface area contributed by atoms with Gasteiger partial charge in [-0.3, -0.25) is 4.99 Å². The summed E-state index contributed by atoms with van der Waals surface area (Å²) in [6.45, 7) is 0.790. The fraction of sp³-hybridized carbons (Fsp3) is 0.706. The first-order chi connectivity index (χ1) is 10.2. The van der Waals surface area contributed by atoms with Crippen molar-refractivity contribution in [2.75, 3.05) is 6.54 Å². The highest BCUT2D eigenvalue weighted by Crippen LogP contribution is 2.44. The van der Waals surface area contributed by atoms with E-state index in [0.29, 0.717) is 5.92 Å². The molecule has 4 rings (SSSR count). The molecule has 114 valence electrons. The molecule has 2 N–H and O–H groups in total. The van der Waals surface area contributed by atoms with Gasteiger partial charge in [0.1, 0.15) is 0 Å². The van der Waals surface area contributed by atoms with E-state index in [1.807, 2.05) is 6.34 Å². The minimum atomic E-state index is -0.465. The molecular weight excluding hydrogens is 264 g/mol. The Hall–Kier alpha value is -1.13. The highest BCUT2D eigenvalue weighted by atomic mass is 16.3. The highest BCUT2D eigenvalue weighted by molar-refractivity contribution is 5.65. The molecule has 0 amide bonds. The van der Waals surface area contributed by atoms with Gasteiger partial charge in [-0.25, -0.2) is 0 Å². The minimum Gasteiger partial charge on any atom is -0.393 e. The molecule has 0 aromatic rings. The standard InChI is InChI=1S/C17H24N2O2/c20-14-3-1-2-12(8-14)17(21)16-15(11-4-5-11)7-6-13-9-18-10-19(13)16/h6-7,10-14,17,20-21H,1-5,8-9H2. The lowest BCUT2D eigenvalue weighted by molar-refractivity contribution is 0.0365. The summed E-state index contributed by atoms with van der Waals surface area (Å²) >= 11 is 0. The third kappa shape index (κ3) is 2.44. The van der Waals surface area contributed by atoms with Crippen molar-refractivity contribution in [3.63, 3.8) is 0 Å². The second-order valence-corrected chi connectivity index (χ2v) is 6.95. The SMILES string of the molecule is OC1CCCC(C(O)C2=C(C3CC3)C=CC3CN=CN23)C1. The Balaban J connectivity index is 1.65. The summed E-state index contributed by atoms with van der Waals surface area (Å²) in [6.07, 6.45) is 11.7. The first-order valence-corrected chi connectivity index (χ1v) is 8.30. The molecule has 2 fully saturated rings. The molecule has 0 aromatic heterocycles. The van der Waals surface area contributed by atoms with Crippen molar-refractivity contribution < 1.29 is 10.2 Å². The third-order valence-corrected chi connectivity index (χ3v) is 5.36. The van der Waals surface area contributed by atoms with Gasteiger partial charge in [-0.05, 0) is 49.5 Å². The summed E-state index contributed by atoms with van der Waals surface area (Å²) in [4.78, 5) is 6.57. The van der Waals surface area contributed by atoms with Gasteiger partial charge < -0.3 is 15.1 Å². The van der Waals surface area contributed by atoms with Crippen LogP contribution in [0.1, 0.15) is 38.5 Å². The van der Waals surface area contributed by atoms with Crippen LogP contribution in [0.4, 0.5) is 0 Å². The molecule has 4 unspecified atom stereocenters. The molecule has 0 aromatic carbocycles. The summed E-state index contributed by atoms with van der Waals surface area (Å²) in [5.41, 5.74) is 2.39. The predicted octanol–water partition coefficient (Wildman–Crippen LogP) is 1.84. The third-order valence-electron chi connectivity index (χ3n) is 5.36. The maximum atomic E-state index is 11.0. The van der Waals surface area contributed by atoms with Crippen LogP contribution < -0.4 is 0 Å². The largest absolute Gasteiger partial charge is 0.393 e. The van der Waals surface area contributed by atoms with Gasteiger partial charge in [0.2, 0.25) is 0 Å². The highest BCUT2D eigenvalue weighted by Gasteiger charge is 2.39. The quantitative estimate of drug-likeness (QED) is 0.833. The van der Waals surface area contributed by atoms with Gasteiger partial charge in [-0.1, -0.05) is 18.6 Å². The number of hydrogen-bond acceptors (Lipinski definition) is 4. The number of aliphatic hydroxyl groups excluding tert-OH is 2. The Morgan fingerprint density at radius 2 is 2.10 bits per heavy atom. The first-order valence-electron chi connectivity index (χ1n) is 8.30. The minimum absolute atomic E-state index is 0.179. The van der Waals surface area contributed by atoms with Crippen molar-refractivity contribution in [1.82, 2.24) is 4.90 Å².